The molecule has 2 N–H and O–H groups in total. The summed E-state index contributed by atoms with van der Waals surface area (Å²) in [5.74, 6) is -0.349. The molecule has 0 saturated heterocycles. The Kier molecular flexibility index (Phi) is 9.06. The lowest BCUT2D eigenvalue weighted by Crippen LogP contribution is -2.50. The fourth-order valence-corrected chi connectivity index (χ4v) is 3.05. The molecule has 5 heteroatoms. The molecule has 0 bridgehead atoms. The quantitative estimate of drug-likeness (QED) is 0.624. The van der Waals surface area contributed by atoms with Crippen LogP contribution in [0.1, 0.15) is 55.6 Å². The van der Waals surface area contributed by atoms with Crippen LogP contribution in [0, 0.1) is 5.92 Å². The Morgan fingerprint density at radius 3 is 2.10 bits per heavy atom. The molecule has 0 radical (unpaired) electrons. The van der Waals surface area contributed by atoms with E-state index in [1.807, 2.05) is 44.2 Å². The van der Waals surface area contributed by atoms with Gasteiger partial charge in [0.15, 0.2) is 0 Å². The Morgan fingerprint density at radius 2 is 1.53 bits per heavy atom. The molecule has 0 aliphatic heterocycles. The first-order chi connectivity index (χ1) is 14.3. The number of benzene rings is 2. The number of nitrogens with one attached hydrogen (secondary N) is 2. The Bertz CT molecular complexity index is 803. The number of carbonyl (C=O) groups excluding carboxylic acids is 2. The van der Waals surface area contributed by atoms with Crippen LogP contribution in [-0.2, 0) is 17.9 Å². The molecule has 0 fully saturated rings. The molecule has 0 spiro atoms. The van der Waals surface area contributed by atoms with Gasteiger partial charge in [-0.25, -0.2) is 0 Å². The lowest BCUT2D eigenvalue weighted by atomic mass is 9.97. The van der Waals surface area contributed by atoms with Gasteiger partial charge in [-0.2, -0.15) is 0 Å². The van der Waals surface area contributed by atoms with Crippen LogP contribution < -0.4 is 10.6 Å². The zero-order chi connectivity index (χ0) is 22.1. The van der Waals surface area contributed by atoms with Crippen LogP contribution >= 0.6 is 0 Å². The van der Waals surface area contributed by atoms with E-state index in [0.717, 1.165) is 18.5 Å². The zero-order valence-corrected chi connectivity index (χ0v) is 18.8. The van der Waals surface area contributed by atoms with E-state index in [4.69, 9.17) is 0 Å². The average Bonchev–Trinajstić information content (AvgIpc) is 2.76. The third kappa shape index (κ3) is 6.99. The molecule has 0 aliphatic carbocycles. The third-order valence-corrected chi connectivity index (χ3v) is 5.62. The van der Waals surface area contributed by atoms with Gasteiger partial charge in [0.2, 0.25) is 5.91 Å². The minimum absolute atomic E-state index is 0.0339. The van der Waals surface area contributed by atoms with Crippen LogP contribution in [0.3, 0.4) is 0 Å². The summed E-state index contributed by atoms with van der Waals surface area (Å²) in [6.07, 6.45) is 0.797. The molecule has 0 unspecified atom stereocenters. The fraction of sp³-hybridized carbons (Fsp3) is 0.440. The maximum atomic E-state index is 12.8. The van der Waals surface area contributed by atoms with Crippen LogP contribution in [0.25, 0.3) is 0 Å². The largest absolute Gasteiger partial charge is 0.350 e. The highest BCUT2D eigenvalue weighted by Gasteiger charge is 2.26. The molecule has 0 heterocycles. The third-order valence-electron chi connectivity index (χ3n) is 5.62. The number of amides is 2. The minimum Gasteiger partial charge on any atom is -0.350 e. The number of rotatable bonds is 10. The molecule has 162 valence electrons. The van der Waals surface area contributed by atoms with Crippen LogP contribution in [-0.4, -0.2) is 35.8 Å². The van der Waals surface area contributed by atoms with Crippen molar-refractivity contribution in [3.8, 4) is 0 Å². The Balaban J connectivity index is 1.96. The van der Waals surface area contributed by atoms with E-state index in [1.54, 1.807) is 12.1 Å². The van der Waals surface area contributed by atoms with E-state index in [-0.39, 0.29) is 17.7 Å². The van der Waals surface area contributed by atoms with Crippen molar-refractivity contribution in [1.82, 2.24) is 15.5 Å². The van der Waals surface area contributed by atoms with Crippen molar-refractivity contribution >= 4 is 11.8 Å². The predicted molar refractivity (Wildman–Crippen MR) is 122 cm³/mol. The number of carbonyl (C=O) groups is 2. The topological polar surface area (TPSA) is 61.4 Å². The van der Waals surface area contributed by atoms with Crippen molar-refractivity contribution < 1.29 is 9.59 Å². The van der Waals surface area contributed by atoms with Gasteiger partial charge < -0.3 is 10.6 Å². The standard InChI is InChI=1S/C25H35N3O2/c1-6-19(4)23(27-24(29)22-10-8-7-9-11-22)25(30)26-16-20-12-14-21(15-13-20)17-28(5)18(2)3/h7-15,18-19,23H,6,16-17H2,1-5H3,(H,26,30)(H,27,29)/t19-,23+/m0/s1. The summed E-state index contributed by atoms with van der Waals surface area (Å²) in [6.45, 7) is 9.68. The maximum Gasteiger partial charge on any atom is 0.251 e. The molecule has 0 aliphatic rings. The lowest BCUT2D eigenvalue weighted by molar-refractivity contribution is -0.124. The molecular weight excluding hydrogens is 374 g/mol. The molecule has 0 aromatic heterocycles. The van der Waals surface area contributed by atoms with Crippen LogP contribution in [0.2, 0.25) is 0 Å². The second-order valence-electron chi connectivity index (χ2n) is 8.25. The van der Waals surface area contributed by atoms with Crippen molar-refractivity contribution in [3.05, 3.63) is 71.3 Å². The summed E-state index contributed by atoms with van der Waals surface area (Å²) in [7, 11) is 2.11. The van der Waals surface area contributed by atoms with E-state index < -0.39 is 6.04 Å². The first-order valence-electron chi connectivity index (χ1n) is 10.7. The number of nitrogens with zero attached hydrogens (tertiary/aromatic N) is 1. The zero-order valence-electron chi connectivity index (χ0n) is 18.8. The van der Waals surface area contributed by atoms with Gasteiger partial charge in [-0.15, -0.1) is 0 Å². The molecule has 2 amide bonds. The minimum atomic E-state index is -0.568. The summed E-state index contributed by atoms with van der Waals surface area (Å²) in [5, 5.41) is 5.89. The first kappa shape index (κ1) is 23.6. The van der Waals surface area contributed by atoms with Crippen LogP contribution in [0.5, 0.6) is 0 Å². The fourth-order valence-electron chi connectivity index (χ4n) is 3.05. The second-order valence-corrected chi connectivity index (χ2v) is 8.25. The van der Waals surface area contributed by atoms with Crippen molar-refractivity contribution in [2.45, 2.75) is 59.3 Å². The molecule has 2 atom stereocenters. The van der Waals surface area contributed by atoms with Crippen molar-refractivity contribution in [2.24, 2.45) is 5.92 Å². The molecule has 2 aromatic carbocycles. The highest BCUT2D eigenvalue weighted by molar-refractivity contribution is 5.97. The SMILES string of the molecule is CC[C@H](C)[C@@H](NC(=O)c1ccccc1)C(=O)NCc1ccc(CN(C)C(C)C)cc1. The Labute approximate surface area is 180 Å². The summed E-state index contributed by atoms with van der Waals surface area (Å²) >= 11 is 0. The molecule has 2 aromatic rings. The van der Waals surface area contributed by atoms with E-state index >= 15 is 0 Å². The van der Waals surface area contributed by atoms with Gasteiger partial charge in [0, 0.05) is 24.7 Å². The summed E-state index contributed by atoms with van der Waals surface area (Å²) < 4.78 is 0. The summed E-state index contributed by atoms with van der Waals surface area (Å²) in [6, 6.07) is 17.2. The van der Waals surface area contributed by atoms with Gasteiger partial charge in [-0.1, -0.05) is 62.7 Å². The molecular formula is C25H35N3O2. The van der Waals surface area contributed by atoms with Crippen molar-refractivity contribution in [2.75, 3.05) is 7.05 Å². The normalized spacial score (nSPS) is 13.2. The van der Waals surface area contributed by atoms with Gasteiger partial charge >= 0.3 is 0 Å². The van der Waals surface area contributed by atoms with Crippen LogP contribution in [0.15, 0.2) is 54.6 Å². The highest BCUT2D eigenvalue weighted by Crippen LogP contribution is 2.12. The summed E-state index contributed by atoms with van der Waals surface area (Å²) in [4.78, 5) is 27.7. The van der Waals surface area contributed by atoms with Crippen molar-refractivity contribution in [1.29, 1.82) is 0 Å². The van der Waals surface area contributed by atoms with E-state index in [0.29, 0.717) is 18.2 Å². The van der Waals surface area contributed by atoms with Gasteiger partial charge in [-0.05, 0) is 50.1 Å². The number of hydrogen-bond acceptors (Lipinski definition) is 3. The second kappa shape index (κ2) is 11.5. The lowest BCUT2D eigenvalue weighted by Gasteiger charge is -2.24. The first-order valence-corrected chi connectivity index (χ1v) is 10.7. The molecule has 5 nitrogen and oxygen atoms in total. The monoisotopic (exact) mass is 409 g/mol. The van der Waals surface area contributed by atoms with Gasteiger partial charge in [0.1, 0.15) is 6.04 Å². The number of hydrogen-bond donors (Lipinski definition) is 2. The smallest absolute Gasteiger partial charge is 0.251 e. The van der Waals surface area contributed by atoms with Gasteiger partial charge in [-0.3, -0.25) is 14.5 Å². The average molecular weight is 410 g/mol. The highest BCUT2D eigenvalue weighted by atomic mass is 16.2. The molecule has 30 heavy (non-hydrogen) atoms. The van der Waals surface area contributed by atoms with Crippen LogP contribution in [0.4, 0.5) is 0 Å². The van der Waals surface area contributed by atoms with Gasteiger partial charge in [0.25, 0.3) is 5.91 Å². The van der Waals surface area contributed by atoms with Crippen molar-refractivity contribution in [3.63, 3.8) is 0 Å². The van der Waals surface area contributed by atoms with E-state index in [1.165, 1.54) is 5.56 Å². The Morgan fingerprint density at radius 1 is 0.933 bits per heavy atom. The summed E-state index contributed by atoms with van der Waals surface area (Å²) in [5.41, 5.74) is 2.84. The Hall–Kier alpha value is -2.66. The van der Waals surface area contributed by atoms with E-state index in [9.17, 15) is 9.59 Å². The van der Waals surface area contributed by atoms with E-state index in [2.05, 4.69) is 48.6 Å². The van der Waals surface area contributed by atoms with Gasteiger partial charge in [0.05, 0.1) is 0 Å². The molecule has 2 rings (SSSR count). The molecule has 0 saturated carbocycles. The predicted octanol–water partition coefficient (Wildman–Crippen LogP) is 3.99. The maximum absolute atomic E-state index is 12.8.